The number of benzene rings is 1. The summed E-state index contributed by atoms with van der Waals surface area (Å²) in [5.41, 5.74) is 0.321. The molecule has 98 valence electrons. The zero-order valence-corrected chi connectivity index (χ0v) is 11.4. The lowest BCUT2D eigenvalue weighted by molar-refractivity contribution is -0.128. The van der Waals surface area contributed by atoms with Crippen LogP contribution in [0.3, 0.4) is 0 Å². The second-order valence-electron chi connectivity index (χ2n) is 4.04. The highest BCUT2D eigenvalue weighted by atomic mass is 32.2. The Bertz CT molecular complexity index is 432. The molecule has 0 spiro atoms. The second kappa shape index (κ2) is 7.06. The van der Waals surface area contributed by atoms with Crippen LogP contribution in [0, 0.1) is 0 Å². The molecule has 0 fully saturated rings. The summed E-state index contributed by atoms with van der Waals surface area (Å²) < 4.78 is 0. The maximum absolute atomic E-state index is 11.4. The Balaban J connectivity index is 2.45. The third-order valence-electron chi connectivity index (χ3n) is 2.41. The third kappa shape index (κ3) is 4.41. The SMILES string of the molecule is CN(C)C(=O)CCCSc1ccccc1C(=O)O. The first-order valence-corrected chi connectivity index (χ1v) is 6.66. The number of hydrogen-bond acceptors (Lipinski definition) is 3. The van der Waals surface area contributed by atoms with E-state index in [2.05, 4.69) is 0 Å². The van der Waals surface area contributed by atoms with Crippen molar-refractivity contribution in [1.29, 1.82) is 0 Å². The van der Waals surface area contributed by atoms with Crippen molar-refractivity contribution in [3.8, 4) is 0 Å². The molecule has 0 aliphatic carbocycles. The molecule has 0 aliphatic rings. The Morgan fingerprint density at radius 2 is 1.94 bits per heavy atom. The number of carboxylic acids is 1. The first kappa shape index (κ1) is 14.6. The molecule has 0 bridgehead atoms. The number of nitrogens with zero attached hydrogens (tertiary/aromatic N) is 1. The van der Waals surface area contributed by atoms with Crippen molar-refractivity contribution in [2.75, 3.05) is 19.8 Å². The predicted molar refractivity (Wildman–Crippen MR) is 72.1 cm³/mol. The van der Waals surface area contributed by atoms with Gasteiger partial charge >= 0.3 is 5.97 Å². The molecule has 18 heavy (non-hydrogen) atoms. The number of hydrogen-bond donors (Lipinski definition) is 1. The van der Waals surface area contributed by atoms with Gasteiger partial charge in [-0.05, 0) is 24.3 Å². The Labute approximate surface area is 111 Å². The van der Waals surface area contributed by atoms with Gasteiger partial charge in [0.2, 0.25) is 5.91 Å². The number of thioether (sulfide) groups is 1. The van der Waals surface area contributed by atoms with E-state index in [1.165, 1.54) is 11.8 Å². The van der Waals surface area contributed by atoms with Crippen LogP contribution in [0.15, 0.2) is 29.2 Å². The summed E-state index contributed by atoms with van der Waals surface area (Å²) in [5, 5.41) is 9.01. The Hall–Kier alpha value is -1.49. The van der Waals surface area contributed by atoms with Crippen molar-refractivity contribution in [2.24, 2.45) is 0 Å². The van der Waals surface area contributed by atoms with Gasteiger partial charge in [0.05, 0.1) is 5.56 Å². The van der Waals surface area contributed by atoms with Crippen molar-refractivity contribution >= 4 is 23.6 Å². The molecule has 4 nitrogen and oxygen atoms in total. The van der Waals surface area contributed by atoms with Crippen molar-refractivity contribution in [1.82, 2.24) is 4.90 Å². The molecule has 0 atom stereocenters. The van der Waals surface area contributed by atoms with Crippen molar-refractivity contribution < 1.29 is 14.7 Å². The molecule has 0 aliphatic heterocycles. The molecule has 1 aromatic carbocycles. The average Bonchev–Trinajstić information content (AvgIpc) is 2.34. The molecule has 0 aromatic heterocycles. The number of carbonyl (C=O) groups excluding carboxylic acids is 1. The van der Waals surface area contributed by atoms with E-state index in [-0.39, 0.29) is 5.91 Å². The predicted octanol–water partition coefficient (Wildman–Crippen LogP) is 2.35. The number of amides is 1. The van der Waals surface area contributed by atoms with E-state index in [4.69, 9.17) is 5.11 Å². The Kier molecular flexibility index (Phi) is 5.71. The molecular weight excluding hydrogens is 250 g/mol. The number of aromatic carboxylic acids is 1. The van der Waals surface area contributed by atoms with E-state index in [0.717, 1.165) is 17.1 Å². The normalized spacial score (nSPS) is 10.1. The lowest BCUT2D eigenvalue weighted by Gasteiger charge is -2.10. The standard InChI is InChI=1S/C13H17NO3S/c1-14(2)12(15)8-5-9-18-11-7-4-3-6-10(11)13(16)17/h3-4,6-7H,5,8-9H2,1-2H3,(H,16,17). The highest BCUT2D eigenvalue weighted by Gasteiger charge is 2.09. The van der Waals surface area contributed by atoms with Crippen LogP contribution >= 0.6 is 11.8 Å². The average molecular weight is 267 g/mol. The number of carboxylic acid groups (broad SMARTS) is 1. The van der Waals surface area contributed by atoms with Gasteiger partial charge in [-0.1, -0.05) is 12.1 Å². The van der Waals surface area contributed by atoms with Gasteiger partial charge in [0.15, 0.2) is 0 Å². The maximum atomic E-state index is 11.4. The largest absolute Gasteiger partial charge is 0.478 e. The van der Waals surface area contributed by atoms with Gasteiger partial charge in [-0.15, -0.1) is 11.8 Å². The minimum Gasteiger partial charge on any atom is -0.478 e. The lowest BCUT2D eigenvalue weighted by atomic mass is 10.2. The van der Waals surface area contributed by atoms with E-state index >= 15 is 0 Å². The summed E-state index contributed by atoms with van der Waals surface area (Å²) in [6.07, 6.45) is 1.24. The summed E-state index contributed by atoms with van der Waals surface area (Å²) in [4.78, 5) is 24.6. The summed E-state index contributed by atoms with van der Waals surface area (Å²) in [7, 11) is 3.46. The van der Waals surface area contributed by atoms with Crippen molar-refractivity contribution in [3.63, 3.8) is 0 Å². The molecule has 5 heteroatoms. The smallest absolute Gasteiger partial charge is 0.336 e. The van der Waals surface area contributed by atoms with Crippen LogP contribution in [0.4, 0.5) is 0 Å². The molecule has 1 aromatic rings. The summed E-state index contributed by atoms with van der Waals surface area (Å²) in [6.45, 7) is 0. The third-order valence-corrected chi connectivity index (χ3v) is 3.57. The van der Waals surface area contributed by atoms with E-state index in [0.29, 0.717) is 12.0 Å². The minimum absolute atomic E-state index is 0.0992. The zero-order valence-electron chi connectivity index (χ0n) is 10.5. The van der Waals surface area contributed by atoms with Crippen LogP contribution in [-0.4, -0.2) is 41.7 Å². The molecule has 0 saturated carbocycles. The van der Waals surface area contributed by atoms with Crippen LogP contribution in [0.5, 0.6) is 0 Å². The van der Waals surface area contributed by atoms with E-state index in [1.54, 1.807) is 37.2 Å². The molecule has 0 radical (unpaired) electrons. The van der Waals surface area contributed by atoms with Gasteiger partial charge in [0.1, 0.15) is 0 Å². The summed E-state index contributed by atoms with van der Waals surface area (Å²) >= 11 is 1.48. The Morgan fingerprint density at radius 3 is 2.56 bits per heavy atom. The van der Waals surface area contributed by atoms with Gasteiger partial charge in [0, 0.05) is 25.4 Å². The maximum Gasteiger partial charge on any atom is 0.336 e. The number of carbonyl (C=O) groups is 2. The van der Waals surface area contributed by atoms with Crippen LogP contribution in [0.1, 0.15) is 23.2 Å². The highest BCUT2D eigenvalue weighted by molar-refractivity contribution is 7.99. The molecule has 1 amide bonds. The topological polar surface area (TPSA) is 57.6 Å². The fourth-order valence-electron chi connectivity index (χ4n) is 1.40. The second-order valence-corrected chi connectivity index (χ2v) is 5.18. The molecule has 0 saturated heterocycles. The fourth-order valence-corrected chi connectivity index (χ4v) is 2.39. The van der Waals surface area contributed by atoms with E-state index in [9.17, 15) is 9.59 Å². The number of rotatable bonds is 6. The first-order valence-electron chi connectivity index (χ1n) is 5.67. The van der Waals surface area contributed by atoms with Gasteiger partial charge in [-0.25, -0.2) is 4.79 Å². The quantitative estimate of drug-likeness (QED) is 0.635. The zero-order chi connectivity index (χ0) is 13.5. The monoisotopic (exact) mass is 267 g/mol. The minimum atomic E-state index is -0.914. The van der Waals surface area contributed by atoms with E-state index in [1.807, 2.05) is 6.07 Å². The van der Waals surface area contributed by atoms with E-state index < -0.39 is 5.97 Å². The van der Waals surface area contributed by atoms with Crippen molar-refractivity contribution in [3.05, 3.63) is 29.8 Å². The van der Waals surface area contributed by atoms with Gasteiger partial charge in [-0.3, -0.25) is 4.79 Å². The lowest BCUT2D eigenvalue weighted by Crippen LogP contribution is -2.21. The molecule has 1 rings (SSSR count). The summed E-state index contributed by atoms with van der Waals surface area (Å²) in [5.74, 6) is -0.0752. The van der Waals surface area contributed by atoms with Crippen LogP contribution in [0.2, 0.25) is 0 Å². The Morgan fingerprint density at radius 1 is 1.28 bits per heavy atom. The fraction of sp³-hybridized carbons (Fsp3) is 0.385. The van der Waals surface area contributed by atoms with Crippen LogP contribution in [-0.2, 0) is 4.79 Å². The van der Waals surface area contributed by atoms with Crippen LogP contribution < -0.4 is 0 Å². The highest BCUT2D eigenvalue weighted by Crippen LogP contribution is 2.23. The van der Waals surface area contributed by atoms with Gasteiger partial charge in [0.25, 0.3) is 0 Å². The molecule has 0 unspecified atom stereocenters. The molecule has 0 heterocycles. The molecular formula is C13H17NO3S. The van der Waals surface area contributed by atoms with Crippen molar-refractivity contribution in [2.45, 2.75) is 17.7 Å². The van der Waals surface area contributed by atoms with Gasteiger partial charge in [-0.2, -0.15) is 0 Å². The first-order chi connectivity index (χ1) is 8.52. The van der Waals surface area contributed by atoms with Crippen LogP contribution in [0.25, 0.3) is 0 Å². The summed E-state index contributed by atoms with van der Waals surface area (Å²) in [6, 6.07) is 6.92. The van der Waals surface area contributed by atoms with Gasteiger partial charge < -0.3 is 10.0 Å². The molecule has 1 N–H and O–H groups in total.